The van der Waals surface area contributed by atoms with E-state index in [1.807, 2.05) is 13.0 Å². The largest absolute Gasteiger partial charge is 0.374 e. The average Bonchev–Trinajstić information content (AvgIpc) is 2.15. The van der Waals surface area contributed by atoms with Crippen molar-refractivity contribution in [3.8, 4) is 12.3 Å². The van der Waals surface area contributed by atoms with E-state index < -0.39 is 5.60 Å². The van der Waals surface area contributed by atoms with Gasteiger partial charge >= 0.3 is 0 Å². The van der Waals surface area contributed by atoms with Gasteiger partial charge < -0.3 is 5.11 Å². The van der Waals surface area contributed by atoms with Crippen LogP contribution in [0.3, 0.4) is 0 Å². The summed E-state index contributed by atoms with van der Waals surface area (Å²) in [5.74, 6) is 2.38. The van der Waals surface area contributed by atoms with Crippen molar-refractivity contribution in [2.24, 2.45) is 0 Å². The van der Waals surface area contributed by atoms with Crippen LogP contribution in [0.25, 0.3) is 0 Å². The van der Waals surface area contributed by atoms with Crippen molar-refractivity contribution < 1.29 is 5.11 Å². The highest BCUT2D eigenvalue weighted by molar-refractivity contribution is 5.31. The minimum Gasteiger partial charge on any atom is -0.374 e. The molecular formula is C8H10O. The van der Waals surface area contributed by atoms with E-state index in [-0.39, 0.29) is 0 Å². The first kappa shape index (κ1) is 6.38. The molecular weight excluding hydrogens is 112 g/mol. The summed E-state index contributed by atoms with van der Waals surface area (Å²) in [4.78, 5) is 0. The summed E-state index contributed by atoms with van der Waals surface area (Å²) in [7, 11) is 0. The van der Waals surface area contributed by atoms with Gasteiger partial charge in [0.05, 0.1) is 0 Å². The van der Waals surface area contributed by atoms with Gasteiger partial charge in [-0.25, -0.2) is 0 Å². The Morgan fingerprint density at radius 2 is 2.56 bits per heavy atom. The molecule has 0 radical (unpaired) electrons. The van der Waals surface area contributed by atoms with Crippen LogP contribution >= 0.6 is 0 Å². The molecule has 1 heteroatoms. The van der Waals surface area contributed by atoms with Crippen LogP contribution in [0.15, 0.2) is 11.6 Å². The average molecular weight is 122 g/mol. The van der Waals surface area contributed by atoms with Gasteiger partial charge in [-0.1, -0.05) is 12.0 Å². The second-order valence-electron chi connectivity index (χ2n) is 2.43. The van der Waals surface area contributed by atoms with Crippen molar-refractivity contribution >= 4 is 0 Å². The zero-order chi connectivity index (χ0) is 6.91. The zero-order valence-corrected chi connectivity index (χ0v) is 5.52. The Bertz CT molecular complexity index is 185. The molecule has 1 atom stereocenters. The molecule has 0 saturated carbocycles. The number of terminal acetylenes is 1. The van der Waals surface area contributed by atoms with Gasteiger partial charge in [-0.05, 0) is 25.3 Å². The van der Waals surface area contributed by atoms with E-state index in [4.69, 9.17) is 6.42 Å². The van der Waals surface area contributed by atoms with Crippen LogP contribution in [0.1, 0.15) is 19.8 Å². The monoisotopic (exact) mass is 122 g/mol. The minimum atomic E-state index is -0.917. The van der Waals surface area contributed by atoms with Crippen LogP contribution in [0.2, 0.25) is 0 Å². The molecule has 0 aromatic carbocycles. The van der Waals surface area contributed by atoms with E-state index in [1.54, 1.807) is 0 Å². The number of rotatable bonds is 0. The van der Waals surface area contributed by atoms with Crippen molar-refractivity contribution in [3.63, 3.8) is 0 Å². The topological polar surface area (TPSA) is 20.2 Å². The van der Waals surface area contributed by atoms with Crippen molar-refractivity contribution in [2.75, 3.05) is 0 Å². The lowest BCUT2D eigenvalue weighted by atomic mass is 9.99. The first-order valence-corrected chi connectivity index (χ1v) is 3.06. The lowest BCUT2D eigenvalue weighted by Gasteiger charge is -2.15. The molecule has 0 fully saturated rings. The minimum absolute atomic E-state index is 0.690. The molecule has 9 heavy (non-hydrogen) atoms. The molecule has 1 unspecified atom stereocenters. The fraction of sp³-hybridized carbons (Fsp3) is 0.500. The standard InChI is InChI=1S/C8H10O/c1-3-8(9)6-4-5-7(8)2/h1,5,9H,4,6H2,2H3. The van der Waals surface area contributed by atoms with E-state index in [1.165, 1.54) is 0 Å². The first-order chi connectivity index (χ1) is 4.19. The van der Waals surface area contributed by atoms with E-state index in [2.05, 4.69) is 5.92 Å². The van der Waals surface area contributed by atoms with Gasteiger partial charge in [-0.15, -0.1) is 6.42 Å². The molecule has 0 amide bonds. The Labute approximate surface area is 55.4 Å². The fourth-order valence-electron chi connectivity index (χ4n) is 1.05. The lowest BCUT2D eigenvalue weighted by Crippen LogP contribution is -2.23. The Kier molecular flexibility index (Phi) is 1.34. The maximum Gasteiger partial charge on any atom is 0.146 e. The highest BCUT2D eigenvalue weighted by Gasteiger charge is 2.29. The molecule has 0 spiro atoms. The maximum atomic E-state index is 9.46. The number of aliphatic hydroxyl groups is 1. The Balaban J connectivity index is 2.86. The molecule has 48 valence electrons. The van der Waals surface area contributed by atoms with Gasteiger partial charge in [0.25, 0.3) is 0 Å². The molecule has 0 aliphatic heterocycles. The van der Waals surface area contributed by atoms with E-state index in [0.717, 1.165) is 12.0 Å². The predicted molar refractivity (Wildman–Crippen MR) is 36.8 cm³/mol. The van der Waals surface area contributed by atoms with Gasteiger partial charge in [0, 0.05) is 0 Å². The molecule has 1 rings (SSSR count). The van der Waals surface area contributed by atoms with Gasteiger partial charge in [-0.3, -0.25) is 0 Å². The number of hydrogen-bond acceptors (Lipinski definition) is 1. The molecule has 0 heterocycles. The molecule has 1 aliphatic rings. The summed E-state index contributed by atoms with van der Waals surface area (Å²) in [5.41, 5.74) is 0.00463. The summed E-state index contributed by atoms with van der Waals surface area (Å²) >= 11 is 0. The summed E-state index contributed by atoms with van der Waals surface area (Å²) < 4.78 is 0. The third kappa shape index (κ3) is 0.863. The van der Waals surface area contributed by atoms with Crippen LogP contribution in [0.4, 0.5) is 0 Å². The molecule has 1 N–H and O–H groups in total. The summed E-state index contributed by atoms with van der Waals surface area (Å²) in [6, 6.07) is 0. The predicted octanol–water partition coefficient (Wildman–Crippen LogP) is 1.09. The highest BCUT2D eigenvalue weighted by atomic mass is 16.3. The van der Waals surface area contributed by atoms with Crippen molar-refractivity contribution in [3.05, 3.63) is 11.6 Å². The van der Waals surface area contributed by atoms with Gasteiger partial charge in [0.15, 0.2) is 0 Å². The molecule has 1 aliphatic carbocycles. The molecule has 0 aromatic heterocycles. The van der Waals surface area contributed by atoms with Crippen molar-refractivity contribution in [2.45, 2.75) is 25.4 Å². The van der Waals surface area contributed by atoms with E-state index in [0.29, 0.717) is 6.42 Å². The zero-order valence-electron chi connectivity index (χ0n) is 5.52. The van der Waals surface area contributed by atoms with Crippen LogP contribution in [-0.2, 0) is 0 Å². The second kappa shape index (κ2) is 1.89. The van der Waals surface area contributed by atoms with Gasteiger partial charge in [0.1, 0.15) is 5.60 Å². The maximum absolute atomic E-state index is 9.46. The quantitative estimate of drug-likeness (QED) is 0.376. The smallest absolute Gasteiger partial charge is 0.146 e. The molecule has 1 nitrogen and oxygen atoms in total. The summed E-state index contributed by atoms with van der Waals surface area (Å²) in [6.45, 7) is 1.87. The Hall–Kier alpha value is -0.740. The van der Waals surface area contributed by atoms with E-state index in [9.17, 15) is 5.11 Å². The van der Waals surface area contributed by atoms with Gasteiger partial charge in [0.2, 0.25) is 0 Å². The highest BCUT2D eigenvalue weighted by Crippen LogP contribution is 2.28. The number of allylic oxidation sites excluding steroid dienone is 1. The van der Waals surface area contributed by atoms with Crippen molar-refractivity contribution in [1.82, 2.24) is 0 Å². The second-order valence-corrected chi connectivity index (χ2v) is 2.43. The lowest BCUT2D eigenvalue weighted by molar-refractivity contribution is 0.141. The normalized spacial score (nSPS) is 33.7. The summed E-state index contributed by atoms with van der Waals surface area (Å²) in [5, 5.41) is 9.46. The summed E-state index contributed by atoms with van der Waals surface area (Å²) in [6.07, 6.45) is 8.70. The first-order valence-electron chi connectivity index (χ1n) is 3.06. The van der Waals surface area contributed by atoms with Gasteiger partial charge in [-0.2, -0.15) is 0 Å². The number of hydrogen-bond donors (Lipinski definition) is 1. The third-order valence-corrected chi connectivity index (χ3v) is 1.85. The molecule has 0 bridgehead atoms. The van der Waals surface area contributed by atoms with Crippen molar-refractivity contribution in [1.29, 1.82) is 0 Å². The SMILES string of the molecule is C#CC1(O)CCC=C1C. The van der Waals surface area contributed by atoms with Crippen LogP contribution in [0.5, 0.6) is 0 Å². The molecule has 0 aromatic rings. The van der Waals surface area contributed by atoms with E-state index >= 15 is 0 Å². The van der Waals surface area contributed by atoms with Crippen LogP contribution in [0, 0.1) is 12.3 Å². The third-order valence-electron chi connectivity index (χ3n) is 1.85. The Morgan fingerprint density at radius 3 is 2.78 bits per heavy atom. The van der Waals surface area contributed by atoms with Crippen LogP contribution < -0.4 is 0 Å². The van der Waals surface area contributed by atoms with Crippen LogP contribution in [-0.4, -0.2) is 10.7 Å². The molecule has 0 saturated heterocycles. The fourth-order valence-corrected chi connectivity index (χ4v) is 1.05. The Morgan fingerprint density at radius 1 is 1.89 bits per heavy atom.